The van der Waals surface area contributed by atoms with Crippen molar-refractivity contribution in [1.29, 1.82) is 0 Å². The van der Waals surface area contributed by atoms with Crippen LogP contribution in [0.2, 0.25) is 5.02 Å². The second-order valence-corrected chi connectivity index (χ2v) is 8.08. The molecule has 24 heavy (non-hydrogen) atoms. The van der Waals surface area contributed by atoms with Crippen LogP contribution < -0.4 is 5.32 Å². The summed E-state index contributed by atoms with van der Waals surface area (Å²) in [6.07, 6.45) is 1.40. The third kappa shape index (κ3) is 3.82. The van der Waals surface area contributed by atoms with Gasteiger partial charge in [0.2, 0.25) is 0 Å². The smallest absolute Gasteiger partial charge is 0.277 e. The van der Waals surface area contributed by atoms with Crippen molar-refractivity contribution in [1.82, 2.24) is 15.0 Å². The molecule has 0 saturated heterocycles. The molecule has 3 aromatic rings. The number of nitrogens with one attached hydrogen (secondary N) is 1. The van der Waals surface area contributed by atoms with Crippen LogP contribution in [0.4, 0.5) is 9.52 Å². The van der Waals surface area contributed by atoms with Crippen LogP contribution in [0, 0.1) is 5.82 Å². The zero-order valence-corrected chi connectivity index (χ0v) is 15.1. The van der Waals surface area contributed by atoms with E-state index in [0.29, 0.717) is 20.5 Å². The number of halogens is 2. The van der Waals surface area contributed by atoms with Gasteiger partial charge in [-0.05, 0) is 18.2 Å². The Hall–Kier alpha value is -1.77. The molecule has 0 aliphatic carbocycles. The van der Waals surface area contributed by atoms with Crippen molar-refractivity contribution < 1.29 is 9.18 Å². The summed E-state index contributed by atoms with van der Waals surface area (Å²) in [5.41, 5.74) is 0.696. The number of benzene rings is 1. The lowest BCUT2D eigenvalue weighted by molar-refractivity contribution is 0.102. The number of nitrogens with zero attached hydrogens (tertiary/aromatic N) is 3. The molecule has 0 atom stereocenters. The normalized spacial score (nSPS) is 11.2. The molecular formula is C15H12ClFN4OS2. The highest BCUT2D eigenvalue weighted by atomic mass is 35.5. The lowest BCUT2D eigenvalue weighted by atomic mass is 10.3. The number of aromatic nitrogens is 3. The standard InChI is InChI=1S/C15H12ClFN4OS2/c1-7(2)23-14-18-6-9(16)12(20-14)13(22)21-15-19-10-4-3-8(17)5-11(10)24-15/h3-7H,1-2H3,(H,19,21,22). The SMILES string of the molecule is CC(C)Sc1ncc(Cl)c(C(=O)Nc2nc3ccc(F)cc3s2)n1. The maximum atomic E-state index is 13.2. The van der Waals surface area contributed by atoms with E-state index in [0.717, 1.165) is 0 Å². The minimum Gasteiger partial charge on any atom is -0.296 e. The monoisotopic (exact) mass is 382 g/mol. The molecule has 0 saturated carbocycles. The van der Waals surface area contributed by atoms with Crippen molar-refractivity contribution in [3.05, 3.63) is 40.9 Å². The number of carbonyl (C=O) groups is 1. The maximum Gasteiger partial charge on any atom is 0.277 e. The molecular weight excluding hydrogens is 371 g/mol. The van der Waals surface area contributed by atoms with Crippen molar-refractivity contribution >= 4 is 56.0 Å². The molecule has 2 aromatic heterocycles. The minimum absolute atomic E-state index is 0.0836. The third-order valence-electron chi connectivity index (χ3n) is 2.85. The number of thiazole rings is 1. The summed E-state index contributed by atoms with van der Waals surface area (Å²) in [5.74, 6) is -0.828. The fourth-order valence-corrected chi connectivity index (χ4v) is 3.63. The van der Waals surface area contributed by atoms with Gasteiger partial charge >= 0.3 is 0 Å². The number of hydrogen-bond acceptors (Lipinski definition) is 6. The van der Waals surface area contributed by atoms with Crippen molar-refractivity contribution in [3.63, 3.8) is 0 Å². The van der Waals surface area contributed by atoms with E-state index in [-0.39, 0.29) is 21.8 Å². The van der Waals surface area contributed by atoms with Crippen LogP contribution in [0.15, 0.2) is 29.6 Å². The predicted octanol–water partition coefficient (Wildman–Crippen LogP) is 4.63. The fourth-order valence-electron chi connectivity index (χ4n) is 1.89. The van der Waals surface area contributed by atoms with Crippen molar-refractivity contribution in [2.75, 3.05) is 5.32 Å². The van der Waals surface area contributed by atoms with Gasteiger partial charge in [-0.3, -0.25) is 10.1 Å². The van der Waals surface area contributed by atoms with E-state index in [1.807, 2.05) is 13.8 Å². The number of fused-ring (bicyclic) bond motifs is 1. The Labute approximate surface area is 150 Å². The number of rotatable bonds is 4. The quantitative estimate of drug-likeness (QED) is 0.526. The van der Waals surface area contributed by atoms with Gasteiger partial charge in [-0.1, -0.05) is 48.5 Å². The molecule has 0 fully saturated rings. The summed E-state index contributed by atoms with van der Waals surface area (Å²) >= 11 is 8.65. The molecule has 1 amide bonds. The topological polar surface area (TPSA) is 67.8 Å². The molecule has 2 heterocycles. The van der Waals surface area contributed by atoms with Crippen LogP contribution in [0.5, 0.6) is 0 Å². The summed E-state index contributed by atoms with van der Waals surface area (Å²) in [6, 6.07) is 4.26. The second kappa shape index (κ2) is 7.00. The van der Waals surface area contributed by atoms with Gasteiger partial charge in [-0.2, -0.15) is 0 Å². The first-order valence-corrected chi connectivity index (χ1v) is 9.06. The van der Waals surface area contributed by atoms with E-state index in [9.17, 15) is 9.18 Å². The molecule has 3 rings (SSSR count). The van der Waals surface area contributed by atoms with Gasteiger partial charge in [0.05, 0.1) is 21.4 Å². The van der Waals surface area contributed by atoms with Crippen LogP contribution in [0.3, 0.4) is 0 Å². The summed E-state index contributed by atoms with van der Waals surface area (Å²) < 4.78 is 13.9. The van der Waals surface area contributed by atoms with E-state index in [1.54, 1.807) is 6.07 Å². The number of hydrogen-bond donors (Lipinski definition) is 1. The Morgan fingerprint density at radius 2 is 2.17 bits per heavy atom. The molecule has 0 aliphatic rings. The first-order chi connectivity index (χ1) is 11.4. The second-order valence-electron chi connectivity index (χ2n) is 5.10. The third-order valence-corrected chi connectivity index (χ3v) is 4.94. The highest BCUT2D eigenvalue weighted by molar-refractivity contribution is 7.99. The number of carbonyl (C=O) groups excluding carboxylic acids is 1. The van der Waals surface area contributed by atoms with E-state index in [4.69, 9.17) is 11.6 Å². The van der Waals surface area contributed by atoms with Crippen molar-refractivity contribution in [3.8, 4) is 0 Å². The highest BCUT2D eigenvalue weighted by Crippen LogP contribution is 2.27. The fraction of sp³-hybridized carbons (Fsp3) is 0.200. The summed E-state index contributed by atoms with van der Waals surface area (Å²) in [7, 11) is 0. The first-order valence-electron chi connectivity index (χ1n) is 6.99. The molecule has 0 unspecified atom stereocenters. The Morgan fingerprint density at radius 3 is 2.92 bits per heavy atom. The van der Waals surface area contributed by atoms with Gasteiger partial charge in [0.1, 0.15) is 5.82 Å². The van der Waals surface area contributed by atoms with E-state index < -0.39 is 5.91 Å². The van der Waals surface area contributed by atoms with E-state index in [2.05, 4.69) is 20.3 Å². The van der Waals surface area contributed by atoms with Crippen molar-refractivity contribution in [2.45, 2.75) is 24.3 Å². The summed E-state index contributed by atoms with van der Waals surface area (Å²) in [4.78, 5) is 25.0. The lowest BCUT2D eigenvalue weighted by Gasteiger charge is -2.06. The van der Waals surface area contributed by atoms with Gasteiger partial charge in [0, 0.05) is 5.25 Å². The molecule has 5 nitrogen and oxygen atoms in total. The van der Waals surface area contributed by atoms with Gasteiger partial charge in [0.15, 0.2) is 16.0 Å². The highest BCUT2D eigenvalue weighted by Gasteiger charge is 2.17. The average Bonchev–Trinajstić information content (AvgIpc) is 2.89. The zero-order valence-electron chi connectivity index (χ0n) is 12.7. The number of anilines is 1. The average molecular weight is 383 g/mol. The van der Waals surface area contributed by atoms with Crippen LogP contribution in [-0.2, 0) is 0 Å². The van der Waals surface area contributed by atoms with Crippen LogP contribution in [-0.4, -0.2) is 26.1 Å². The molecule has 1 N–H and O–H groups in total. The molecule has 0 spiro atoms. The van der Waals surface area contributed by atoms with Gasteiger partial charge in [-0.25, -0.2) is 19.3 Å². The number of amides is 1. The molecule has 124 valence electrons. The zero-order chi connectivity index (χ0) is 17.3. The van der Waals surface area contributed by atoms with Crippen LogP contribution in [0.1, 0.15) is 24.3 Å². The lowest BCUT2D eigenvalue weighted by Crippen LogP contribution is -2.15. The molecule has 0 bridgehead atoms. The summed E-state index contributed by atoms with van der Waals surface area (Å²) in [5, 5.41) is 3.92. The molecule has 9 heteroatoms. The maximum absolute atomic E-state index is 13.2. The van der Waals surface area contributed by atoms with Crippen LogP contribution in [0.25, 0.3) is 10.2 Å². The molecule has 1 aromatic carbocycles. The molecule has 0 aliphatic heterocycles. The Balaban J connectivity index is 1.85. The Kier molecular flexibility index (Phi) is 4.98. The van der Waals surface area contributed by atoms with Gasteiger partial charge in [0.25, 0.3) is 5.91 Å². The summed E-state index contributed by atoms with van der Waals surface area (Å²) in [6.45, 7) is 4.01. The van der Waals surface area contributed by atoms with E-state index in [1.165, 1.54) is 41.4 Å². The number of thioether (sulfide) groups is 1. The van der Waals surface area contributed by atoms with Gasteiger partial charge < -0.3 is 0 Å². The van der Waals surface area contributed by atoms with Crippen LogP contribution >= 0.6 is 34.7 Å². The van der Waals surface area contributed by atoms with Crippen molar-refractivity contribution in [2.24, 2.45) is 0 Å². The van der Waals surface area contributed by atoms with Gasteiger partial charge in [-0.15, -0.1) is 0 Å². The van der Waals surface area contributed by atoms with E-state index >= 15 is 0 Å². The predicted molar refractivity (Wildman–Crippen MR) is 95.6 cm³/mol. The molecule has 0 radical (unpaired) electrons. The minimum atomic E-state index is -0.479. The largest absolute Gasteiger partial charge is 0.296 e. The first kappa shape index (κ1) is 17.1. The Morgan fingerprint density at radius 1 is 1.38 bits per heavy atom. The Bertz CT molecular complexity index is 916.